The Hall–Kier alpha value is -1.47. The number of aryl methyl sites for hydroxylation is 2. The topological polar surface area (TPSA) is 77.2 Å². The van der Waals surface area contributed by atoms with Gasteiger partial charge in [0, 0.05) is 30.2 Å². The van der Waals surface area contributed by atoms with Crippen molar-refractivity contribution in [3.05, 3.63) is 34.7 Å². The summed E-state index contributed by atoms with van der Waals surface area (Å²) in [5, 5.41) is 3.61. The van der Waals surface area contributed by atoms with Crippen LogP contribution in [-0.2, 0) is 9.53 Å². The second kappa shape index (κ2) is 8.27. The molecule has 1 amide bonds. The van der Waals surface area contributed by atoms with Gasteiger partial charge >= 0.3 is 0 Å². The molecule has 3 rings (SSSR count). The van der Waals surface area contributed by atoms with Crippen LogP contribution in [0.3, 0.4) is 0 Å². The highest BCUT2D eigenvalue weighted by Crippen LogP contribution is 2.34. The number of ether oxygens (including phenoxy) is 1. The van der Waals surface area contributed by atoms with Crippen molar-refractivity contribution in [1.82, 2.24) is 4.98 Å². The number of nitrogens with two attached hydrogens (primary N) is 1. The monoisotopic (exact) mass is 381 g/mol. The molecule has 2 heterocycles. The van der Waals surface area contributed by atoms with Gasteiger partial charge in [-0.05, 0) is 26.7 Å². The number of halogens is 1. The number of benzene rings is 1. The minimum Gasteiger partial charge on any atom is -0.381 e. The van der Waals surface area contributed by atoms with Crippen molar-refractivity contribution in [1.29, 1.82) is 0 Å². The number of carbonyl (C=O) groups excluding carboxylic acids is 1. The van der Waals surface area contributed by atoms with Gasteiger partial charge < -0.3 is 15.8 Å². The molecule has 0 saturated carbocycles. The maximum atomic E-state index is 12.7. The number of nitrogens with one attached hydrogen (secondary N) is 1. The van der Waals surface area contributed by atoms with Crippen LogP contribution in [0.15, 0.2) is 24.3 Å². The molecule has 0 unspecified atom stereocenters. The average molecular weight is 382 g/mol. The highest BCUT2D eigenvalue weighted by Gasteiger charge is 2.39. The van der Waals surface area contributed by atoms with Gasteiger partial charge in [-0.2, -0.15) is 0 Å². The maximum absolute atomic E-state index is 12.7. The first kappa shape index (κ1) is 19.8. The number of carbonyl (C=O) groups is 1. The molecule has 1 aliphatic heterocycles. The van der Waals surface area contributed by atoms with Gasteiger partial charge in [-0.15, -0.1) is 23.7 Å². The molecular formula is C18H24ClN3O2S. The molecule has 0 atom stereocenters. The molecule has 1 fully saturated rings. The average Bonchev–Trinajstić information content (AvgIpc) is 2.96. The lowest BCUT2D eigenvalue weighted by Crippen LogP contribution is -2.46. The number of nitrogens with zero attached hydrogens (tertiary/aromatic N) is 1. The van der Waals surface area contributed by atoms with E-state index >= 15 is 0 Å². The van der Waals surface area contributed by atoms with E-state index < -0.39 is 5.41 Å². The molecule has 7 heteroatoms. The second-order valence-corrected chi connectivity index (χ2v) is 7.54. The molecule has 1 aromatic carbocycles. The van der Waals surface area contributed by atoms with Crippen LogP contribution < -0.4 is 11.1 Å². The summed E-state index contributed by atoms with van der Waals surface area (Å²) in [6.07, 6.45) is 1.31. The van der Waals surface area contributed by atoms with Crippen molar-refractivity contribution in [3.63, 3.8) is 0 Å². The SMILES string of the molecule is Cc1ccc(-c2nc(NC(=O)C3(CN)CCOCC3)sc2C)cc1.Cl. The van der Waals surface area contributed by atoms with Crippen molar-refractivity contribution >= 4 is 34.8 Å². The van der Waals surface area contributed by atoms with Crippen LogP contribution in [0.4, 0.5) is 5.13 Å². The fraction of sp³-hybridized carbons (Fsp3) is 0.444. The minimum atomic E-state index is -0.540. The zero-order valence-electron chi connectivity index (χ0n) is 14.5. The summed E-state index contributed by atoms with van der Waals surface area (Å²) in [5.74, 6) is -0.0440. The zero-order valence-corrected chi connectivity index (χ0v) is 16.1. The van der Waals surface area contributed by atoms with Gasteiger partial charge in [-0.1, -0.05) is 29.8 Å². The Morgan fingerprint density at radius 2 is 1.92 bits per heavy atom. The molecule has 1 aromatic heterocycles. The lowest BCUT2D eigenvalue weighted by molar-refractivity contribution is -0.130. The molecule has 0 bridgehead atoms. The predicted octanol–water partition coefficient (Wildman–Crippen LogP) is 3.54. The standard InChI is InChI=1S/C18H23N3O2S.ClH/c1-12-3-5-14(6-4-12)15-13(2)24-17(20-15)21-16(22)18(11-19)7-9-23-10-8-18;/h3-6H,7-11,19H2,1-2H3,(H,20,21,22);1H. The van der Waals surface area contributed by atoms with E-state index in [9.17, 15) is 4.79 Å². The van der Waals surface area contributed by atoms with E-state index in [0.29, 0.717) is 37.7 Å². The molecule has 2 aromatic rings. The summed E-state index contributed by atoms with van der Waals surface area (Å²) >= 11 is 1.50. The Morgan fingerprint density at radius 1 is 1.28 bits per heavy atom. The molecule has 0 spiro atoms. The van der Waals surface area contributed by atoms with Gasteiger partial charge in [0.05, 0.1) is 11.1 Å². The van der Waals surface area contributed by atoms with Gasteiger partial charge in [-0.25, -0.2) is 4.98 Å². The van der Waals surface area contributed by atoms with Crippen molar-refractivity contribution in [2.75, 3.05) is 25.1 Å². The molecule has 0 radical (unpaired) electrons. The van der Waals surface area contributed by atoms with E-state index in [1.807, 2.05) is 6.92 Å². The number of amides is 1. The number of hydrogen-bond acceptors (Lipinski definition) is 5. The first-order chi connectivity index (χ1) is 11.5. The van der Waals surface area contributed by atoms with Crippen LogP contribution in [-0.4, -0.2) is 30.6 Å². The molecule has 0 aliphatic carbocycles. The maximum Gasteiger partial charge on any atom is 0.233 e. The number of hydrogen-bond donors (Lipinski definition) is 2. The van der Waals surface area contributed by atoms with E-state index in [1.54, 1.807) is 0 Å². The smallest absolute Gasteiger partial charge is 0.233 e. The summed E-state index contributed by atoms with van der Waals surface area (Å²) in [6.45, 7) is 5.57. The Labute approximate surface area is 158 Å². The summed E-state index contributed by atoms with van der Waals surface area (Å²) < 4.78 is 5.37. The van der Waals surface area contributed by atoms with Crippen LogP contribution >= 0.6 is 23.7 Å². The predicted molar refractivity (Wildman–Crippen MR) is 104 cm³/mol. The van der Waals surface area contributed by atoms with Gasteiger partial charge in [0.2, 0.25) is 5.91 Å². The summed E-state index contributed by atoms with van der Waals surface area (Å²) in [5.41, 5.74) is 8.56. The molecule has 5 nitrogen and oxygen atoms in total. The van der Waals surface area contributed by atoms with E-state index in [1.165, 1.54) is 16.9 Å². The Bertz CT molecular complexity index is 724. The third-order valence-electron chi connectivity index (χ3n) is 4.66. The number of thiazole rings is 1. The van der Waals surface area contributed by atoms with Crippen molar-refractivity contribution in [2.45, 2.75) is 26.7 Å². The van der Waals surface area contributed by atoms with Gasteiger partial charge in [0.25, 0.3) is 0 Å². The largest absolute Gasteiger partial charge is 0.381 e. The number of anilines is 1. The third kappa shape index (κ3) is 4.20. The van der Waals surface area contributed by atoms with Crippen molar-refractivity contribution < 1.29 is 9.53 Å². The molecule has 3 N–H and O–H groups in total. The zero-order chi connectivity index (χ0) is 17.2. The van der Waals surface area contributed by atoms with Gasteiger partial charge in [0.1, 0.15) is 0 Å². The van der Waals surface area contributed by atoms with Crippen LogP contribution in [0.25, 0.3) is 11.3 Å². The quantitative estimate of drug-likeness (QED) is 0.849. The number of rotatable bonds is 4. The molecule has 1 saturated heterocycles. The van der Waals surface area contributed by atoms with E-state index in [0.717, 1.165) is 16.1 Å². The highest BCUT2D eigenvalue weighted by atomic mass is 35.5. The van der Waals surface area contributed by atoms with Crippen LogP contribution in [0, 0.1) is 19.3 Å². The van der Waals surface area contributed by atoms with Crippen molar-refractivity contribution in [2.24, 2.45) is 11.1 Å². The molecule has 136 valence electrons. The van der Waals surface area contributed by atoms with E-state index in [-0.39, 0.29) is 18.3 Å². The Kier molecular flexibility index (Phi) is 6.57. The number of aromatic nitrogens is 1. The van der Waals surface area contributed by atoms with Crippen LogP contribution in [0.1, 0.15) is 23.3 Å². The fourth-order valence-corrected chi connectivity index (χ4v) is 3.78. The summed E-state index contributed by atoms with van der Waals surface area (Å²) in [6, 6.07) is 8.25. The Morgan fingerprint density at radius 3 is 2.52 bits per heavy atom. The minimum absolute atomic E-state index is 0. The van der Waals surface area contributed by atoms with Crippen LogP contribution in [0.5, 0.6) is 0 Å². The summed E-state index contributed by atoms with van der Waals surface area (Å²) in [4.78, 5) is 18.5. The molecule has 1 aliphatic rings. The van der Waals surface area contributed by atoms with E-state index in [4.69, 9.17) is 10.5 Å². The lowest BCUT2D eigenvalue weighted by atomic mass is 9.79. The van der Waals surface area contributed by atoms with Gasteiger partial charge in [0.15, 0.2) is 5.13 Å². The summed E-state index contributed by atoms with van der Waals surface area (Å²) in [7, 11) is 0. The second-order valence-electron chi connectivity index (χ2n) is 6.34. The fourth-order valence-electron chi connectivity index (χ4n) is 2.94. The van der Waals surface area contributed by atoms with E-state index in [2.05, 4.69) is 41.5 Å². The lowest BCUT2D eigenvalue weighted by Gasteiger charge is -2.34. The van der Waals surface area contributed by atoms with Crippen LogP contribution in [0.2, 0.25) is 0 Å². The molecule has 25 heavy (non-hydrogen) atoms. The Balaban J connectivity index is 0.00000225. The molecular weight excluding hydrogens is 358 g/mol. The normalized spacial score (nSPS) is 16.1. The first-order valence-electron chi connectivity index (χ1n) is 8.18. The highest BCUT2D eigenvalue weighted by molar-refractivity contribution is 7.16. The first-order valence-corrected chi connectivity index (χ1v) is 8.99. The van der Waals surface area contributed by atoms with Crippen molar-refractivity contribution in [3.8, 4) is 11.3 Å². The third-order valence-corrected chi connectivity index (χ3v) is 5.55. The van der Waals surface area contributed by atoms with Gasteiger partial charge in [-0.3, -0.25) is 4.79 Å².